The minimum Gasteiger partial charge on any atom is -0.300 e. The van der Waals surface area contributed by atoms with Gasteiger partial charge in [0.25, 0.3) is 0 Å². The van der Waals surface area contributed by atoms with Crippen LogP contribution in [-0.4, -0.2) is 5.78 Å². The Morgan fingerprint density at radius 3 is 2.83 bits per heavy atom. The number of carbonyl (C=O) groups is 1. The van der Waals surface area contributed by atoms with Crippen molar-refractivity contribution in [1.29, 1.82) is 0 Å². The highest BCUT2D eigenvalue weighted by Crippen LogP contribution is 2.25. The lowest BCUT2D eigenvalue weighted by atomic mass is 9.94. The molecule has 2 heteroatoms. The lowest BCUT2D eigenvalue weighted by Crippen LogP contribution is -2.01. The Morgan fingerprint density at radius 2 is 2.42 bits per heavy atom. The molecule has 1 atom stereocenters. The molecule has 12 heavy (non-hydrogen) atoms. The van der Waals surface area contributed by atoms with E-state index in [0.29, 0.717) is 12.3 Å². The van der Waals surface area contributed by atoms with Crippen LogP contribution in [0.2, 0.25) is 0 Å². The minimum absolute atomic E-state index is 0.285. The normalized spacial score (nSPS) is 12.8. The summed E-state index contributed by atoms with van der Waals surface area (Å²) in [5.74, 6) is 0.724. The average Bonchev–Trinajstić information content (AvgIpc) is 2.51. The van der Waals surface area contributed by atoms with Crippen LogP contribution < -0.4 is 0 Å². The van der Waals surface area contributed by atoms with Crippen LogP contribution in [0.25, 0.3) is 0 Å². The van der Waals surface area contributed by atoms with E-state index in [0.717, 1.165) is 6.42 Å². The zero-order valence-electron chi connectivity index (χ0n) is 7.54. The fraction of sp³-hybridized carbons (Fsp3) is 0.500. The second-order valence-electron chi connectivity index (χ2n) is 3.07. The summed E-state index contributed by atoms with van der Waals surface area (Å²) in [6.45, 7) is 3.79. The lowest BCUT2D eigenvalue weighted by Gasteiger charge is -2.10. The molecule has 0 aliphatic carbocycles. The van der Waals surface area contributed by atoms with Gasteiger partial charge in [0.15, 0.2) is 0 Å². The van der Waals surface area contributed by atoms with Crippen LogP contribution in [0.15, 0.2) is 16.8 Å². The van der Waals surface area contributed by atoms with Crippen molar-refractivity contribution in [2.45, 2.75) is 32.6 Å². The van der Waals surface area contributed by atoms with Crippen molar-refractivity contribution < 1.29 is 4.79 Å². The number of hydrogen-bond acceptors (Lipinski definition) is 2. The number of thiophene rings is 1. The molecule has 1 nitrogen and oxygen atoms in total. The van der Waals surface area contributed by atoms with Gasteiger partial charge in [0.05, 0.1) is 0 Å². The van der Waals surface area contributed by atoms with E-state index in [4.69, 9.17) is 0 Å². The molecule has 1 heterocycles. The van der Waals surface area contributed by atoms with Gasteiger partial charge in [-0.15, -0.1) is 0 Å². The molecule has 1 aromatic heterocycles. The van der Waals surface area contributed by atoms with E-state index in [9.17, 15) is 4.79 Å². The second kappa shape index (κ2) is 4.41. The van der Waals surface area contributed by atoms with Gasteiger partial charge in [0.2, 0.25) is 0 Å². The molecule has 0 spiro atoms. The molecule has 0 aromatic carbocycles. The predicted molar refractivity (Wildman–Crippen MR) is 52.6 cm³/mol. The van der Waals surface area contributed by atoms with Crippen LogP contribution in [0.1, 0.15) is 38.2 Å². The maximum absolute atomic E-state index is 10.9. The first kappa shape index (κ1) is 9.46. The van der Waals surface area contributed by atoms with Gasteiger partial charge in [0, 0.05) is 6.42 Å². The molecular formula is C10H14OS. The molecule has 1 unspecified atom stereocenters. The van der Waals surface area contributed by atoms with Gasteiger partial charge in [-0.2, -0.15) is 11.3 Å². The summed E-state index contributed by atoms with van der Waals surface area (Å²) < 4.78 is 0. The Kier molecular flexibility index (Phi) is 3.48. The highest BCUT2D eigenvalue weighted by molar-refractivity contribution is 7.07. The van der Waals surface area contributed by atoms with E-state index in [1.807, 2.05) is 0 Å². The molecule has 66 valence electrons. The molecule has 0 radical (unpaired) electrons. The van der Waals surface area contributed by atoms with E-state index in [1.165, 1.54) is 5.56 Å². The van der Waals surface area contributed by atoms with Crippen molar-refractivity contribution in [2.24, 2.45) is 0 Å². The Morgan fingerprint density at radius 1 is 1.67 bits per heavy atom. The molecule has 0 aliphatic heterocycles. The molecule has 1 aromatic rings. The maximum atomic E-state index is 10.9. The van der Waals surface area contributed by atoms with Crippen molar-refractivity contribution >= 4 is 17.1 Å². The molecule has 0 bridgehead atoms. The number of hydrogen-bond donors (Lipinski definition) is 0. The Balaban J connectivity index is 2.63. The third-order valence-electron chi connectivity index (χ3n) is 2.04. The summed E-state index contributed by atoms with van der Waals surface area (Å²) in [5.41, 5.74) is 1.32. The fourth-order valence-corrected chi connectivity index (χ4v) is 2.09. The van der Waals surface area contributed by atoms with Gasteiger partial charge in [-0.05, 0) is 41.7 Å². The first-order valence-electron chi connectivity index (χ1n) is 4.25. The molecule has 0 aliphatic rings. The molecular weight excluding hydrogens is 168 g/mol. The monoisotopic (exact) mass is 182 g/mol. The zero-order chi connectivity index (χ0) is 8.97. The third-order valence-corrected chi connectivity index (χ3v) is 2.74. The molecule has 0 saturated heterocycles. The topological polar surface area (TPSA) is 17.1 Å². The Hall–Kier alpha value is -0.630. The quantitative estimate of drug-likeness (QED) is 0.698. The SMILES string of the molecule is CCC(CC(C)=O)c1ccsc1. The highest BCUT2D eigenvalue weighted by atomic mass is 32.1. The van der Waals surface area contributed by atoms with Gasteiger partial charge in [-0.3, -0.25) is 0 Å². The molecule has 1 rings (SSSR count). The summed E-state index contributed by atoms with van der Waals surface area (Å²) >= 11 is 1.70. The summed E-state index contributed by atoms with van der Waals surface area (Å²) in [6, 6.07) is 2.11. The maximum Gasteiger partial charge on any atom is 0.130 e. The summed E-state index contributed by atoms with van der Waals surface area (Å²) in [7, 11) is 0. The molecule has 0 amide bonds. The molecule has 0 fully saturated rings. The van der Waals surface area contributed by atoms with Crippen LogP contribution in [0.3, 0.4) is 0 Å². The predicted octanol–water partition coefficient (Wildman–Crippen LogP) is 3.22. The van der Waals surface area contributed by atoms with E-state index in [-0.39, 0.29) is 5.78 Å². The van der Waals surface area contributed by atoms with Crippen molar-refractivity contribution in [2.75, 3.05) is 0 Å². The smallest absolute Gasteiger partial charge is 0.130 e. The van der Waals surface area contributed by atoms with Crippen LogP contribution >= 0.6 is 11.3 Å². The zero-order valence-corrected chi connectivity index (χ0v) is 8.36. The van der Waals surface area contributed by atoms with Crippen LogP contribution in [0.5, 0.6) is 0 Å². The van der Waals surface area contributed by atoms with E-state index in [2.05, 4.69) is 23.8 Å². The Labute approximate surface area is 77.4 Å². The number of ketones is 1. The van der Waals surface area contributed by atoms with Gasteiger partial charge >= 0.3 is 0 Å². The standard InChI is InChI=1S/C10H14OS/c1-3-9(6-8(2)11)10-4-5-12-7-10/h4-5,7,9H,3,6H2,1-2H3. The molecule has 0 N–H and O–H groups in total. The largest absolute Gasteiger partial charge is 0.300 e. The average molecular weight is 182 g/mol. The van der Waals surface area contributed by atoms with Crippen LogP contribution in [0, 0.1) is 0 Å². The molecule has 0 saturated carbocycles. The fourth-order valence-electron chi connectivity index (χ4n) is 1.35. The summed E-state index contributed by atoms with van der Waals surface area (Å²) in [5, 5.41) is 4.20. The number of carbonyl (C=O) groups excluding carboxylic acids is 1. The van der Waals surface area contributed by atoms with E-state index >= 15 is 0 Å². The van der Waals surface area contributed by atoms with Crippen molar-refractivity contribution in [3.8, 4) is 0 Å². The van der Waals surface area contributed by atoms with Crippen molar-refractivity contribution in [3.63, 3.8) is 0 Å². The number of Topliss-reactive ketones (excluding diaryl/α,β-unsaturated/α-hetero) is 1. The van der Waals surface area contributed by atoms with Crippen LogP contribution in [0.4, 0.5) is 0 Å². The van der Waals surface area contributed by atoms with Crippen molar-refractivity contribution in [3.05, 3.63) is 22.4 Å². The van der Waals surface area contributed by atoms with Gasteiger partial charge in [-0.25, -0.2) is 0 Å². The highest BCUT2D eigenvalue weighted by Gasteiger charge is 2.11. The minimum atomic E-state index is 0.285. The van der Waals surface area contributed by atoms with Crippen LogP contribution in [-0.2, 0) is 4.79 Å². The lowest BCUT2D eigenvalue weighted by molar-refractivity contribution is -0.117. The Bertz CT molecular complexity index is 238. The van der Waals surface area contributed by atoms with Gasteiger partial charge in [0.1, 0.15) is 5.78 Å². The summed E-state index contributed by atoms with van der Waals surface area (Å²) in [6.07, 6.45) is 1.74. The second-order valence-corrected chi connectivity index (χ2v) is 3.85. The van der Waals surface area contributed by atoms with Gasteiger partial charge in [-0.1, -0.05) is 6.92 Å². The summed E-state index contributed by atoms with van der Waals surface area (Å²) in [4.78, 5) is 10.9. The third kappa shape index (κ3) is 2.45. The van der Waals surface area contributed by atoms with E-state index < -0.39 is 0 Å². The van der Waals surface area contributed by atoms with Gasteiger partial charge < -0.3 is 4.79 Å². The number of rotatable bonds is 4. The first-order chi connectivity index (χ1) is 5.74. The first-order valence-corrected chi connectivity index (χ1v) is 5.19. The van der Waals surface area contributed by atoms with E-state index in [1.54, 1.807) is 18.3 Å². The van der Waals surface area contributed by atoms with Crippen molar-refractivity contribution in [1.82, 2.24) is 0 Å².